The zero-order valence-electron chi connectivity index (χ0n) is 12.0. The molecule has 99 valence electrons. The van der Waals surface area contributed by atoms with Gasteiger partial charge in [-0.3, -0.25) is 0 Å². The summed E-state index contributed by atoms with van der Waals surface area (Å²) < 4.78 is 0. The molecular formula is C18H22N. The van der Waals surface area contributed by atoms with Crippen molar-refractivity contribution in [3.63, 3.8) is 0 Å². The van der Waals surface area contributed by atoms with Crippen LogP contribution in [-0.2, 0) is 11.8 Å². The first-order valence-corrected chi connectivity index (χ1v) is 6.85. The van der Waals surface area contributed by atoms with Crippen LogP contribution in [0.2, 0.25) is 0 Å². The van der Waals surface area contributed by atoms with Crippen LogP contribution >= 0.6 is 0 Å². The van der Waals surface area contributed by atoms with Gasteiger partial charge in [0.2, 0.25) is 0 Å². The van der Waals surface area contributed by atoms with Gasteiger partial charge >= 0.3 is 0 Å². The Morgan fingerprint density at radius 3 is 2.16 bits per heavy atom. The Morgan fingerprint density at radius 2 is 1.58 bits per heavy atom. The van der Waals surface area contributed by atoms with E-state index in [1.54, 1.807) is 0 Å². The van der Waals surface area contributed by atoms with Gasteiger partial charge in [0, 0.05) is 12.2 Å². The lowest BCUT2D eigenvalue weighted by Crippen LogP contribution is -2.11. The van der Waals surface area contributed by atoms with Gasteiger partial charge < -0.3 is 5.32 Å². The Kier molecular flexibility index (Phi) is 4.26. The predicted molar refractivity (Wildman–Crippen MR) is 82.6 cm³/mol. The number of benzene rings is 2. The molecule has 0 amide bonds. The number of nitrogens with one attached hydrogen (secondary N) is 1. The van der Waals surface area contributed by atoms with Gasteiger partial charge in [0.1, 0.15) is 0 Å². The molecule has 0 aliphatic heterocycles. The van der Waals surface area contributed by atoms with Crippen LogP contribution in [0, 0.1) is 6.07 Å². The molecule has 0 spiro atoms. The fraction of sp³-hybridized carbons (Fsp3) is 0.333. The molecule has 0 aliphatic rings. The molecule has 1 radical (unpaired) electrons. The molecular weight excluding hydrogens is 230 g/mol. The first kappa shape index (κ1) is 13.7. The summed E-state index contributed by atoms with van der Waals surface area (Å²) in [6, 6.07) is 19.9. The van der Waals surface area contributed by atoms with E-state index in [1.165, 1.54) is 11.1 Å². The Hall–Kier alpha value is -1.76. The van der Waals surface area contributed by atoms with Gasteiger partial charge in [0.25, 0.3) is 0 Å². The maximum Gasteiger partial charge on any atom is 0.0340 e. The Labute approximate surface area is 116 Å². The van der Waals surface area contributed by atoms with E-state index >= 15 is 0 Å². The molecule has 1 N–H and O–H groups in total. The highest BCUT2D eigenvalue weighted by molar-refractivity contribution is 5.42. The standard InChI is InChI=1S/C18H22N/c1-18(2,3)16-11-9-15(10-12-16)13-14-19-17-7-5-4-6-8-17/h5-12,19H,13-14H2,1-3H3. The molecule has 0 saturated carbocycles. The van der Waals surface area contributed by atoms with Gasteiger partial charge in [-0.05, 0) is 41.2 Å². The van der Waals surface area contributed by atoms with E-state index in [4.69, 9.17) is 0 Å². The van der Waals surface area contributed by atoms with Crippen molar-refractivity contribution in [3.8, 4) is 0 Å². The van der Waals surface area contributed by atoms with E-state index in [-0.39, 0.29) is 5.41 Å². The van der Waals surface area contributed by atoms with Crippen LogP contribution in [0.3, 0.4) is 0 Å². The number of hydrogen-bond acceptors (Lipinski definition) is 1. The van der Waals surface area contributed by atoms with E-state index in [9.17, 15) is 0 Å². The van der Waals surface area contributed by atoms with Crippen molar-refractivity contribution < 1.29 is 0 Å². The van der Waals surface area contributed by atoms with Crippen molar-refractivity contribution >= 4 is 5.69 Å². The largest absolute Gasteiger partial charge is 0.385 e. The van der Waals surface area contributed by atoms with Gasteiger partial charge in [-0.15, -0.1) is 0 Å². The van der Waals surface area contributed by atoms with Crippen LogP contribution in [0.15, 0.2) is 48.5 Å². The van der Waals surface area contributed by atoms with Gasteiger partial charge in [-0.1, -0.05) is 57.2 Å². The first-order chi connectivity index (χ1) is 9.05. The summed E-state index contributed by atoms with van der Waals surface area (Å²) in [6.07, 6.45) is 1.04. The molecule has 0 atom stereocenters. The molecule has 19 heavy (non-hydrogen) atoms. The quantitative estimate of drug-likeness (QED) is 0.848. The third-order valence-corrected chi connectivity index (χ3v) is 3.28. The molecule has 0 aromatic heterocycles. The van der Waals surface area contributed by atoms with Crippen LogP contribution in [0.1, 0.15) is 31.9 Å². The monoisotopic (exact) mass is 252 g/mol. The molecule has 2 aromatic rings. The van der Waals surface area contributed by atoms with E-state index in [1.807, 2.05) is 24.3 Å². The minimum Gasteiger partial charge on any atom is -0.385 e. The summed E-state index contributed by atoms with van der Waals surface area (Å²) in [4.78, 5) is 0. The SMILES string of the molecule is CC(C)(C)c1ccc(CCNc2cc[c]cc2)cc1. The van der Waals surface area contributed by atoms with Crippen LogP contribution in [0.25, 0.3) is 0 Å². The van der Waals surface area contributed by atoms with Crippen molar-refractivity contribution in [1.29, 1.82) is 0 Å². The van der Waals surface area contributed by atoms with Gasteiger partial charge in [0.05, 0.1) is 0 Å². The van der Waals surface area contributed by atoms with Crippen LogP contribution in [-0.4, -0.2) is 6.54 Å². The minimum absolute atomic E-state index is 0.233. The lowest BCUT2D eigenvalue weighted by Gasteiger charge is -2.19. The summed E-state index contributed by atoms with van der Waals surface area (Å²) >= 11 is 0. The fourth-order valence-electron chi connectivity index (χ4n) is 2.03. The molecule has 0 saturated heterocycles. The lowest BCUT2D eigenvalue weighted by molar-refractivity contribution is 0.590. The van der Waals surface area contributed by atoms with Crippen molar-refractivity contribution in [1.82, 2.24) is 0 Å². The number of rotatable bonds is 4. The summed E-state index contributed by atoms with van der Waals surface area (Å²) in [5.41, 5.74) is 4.16. The minimum atomic E-state index is 0.233. The van der Waals surface area contributed by atoms with Crippen molar-refractivity contribution in [2.75, 3.05) is 11.9 Å². The van der Waals surface area contributed by atoms with E-state index in [2.05, 4.69) is 56.4 Å². The van der Waals surface area contributed by atoms with Crippen molar-refractivity contribution in [2.45, 2.75) is 32.6 Å². The third-order valence-electron chi connectivity index (χ3n) is 3.28. The molecule has 2 rings (SSSR count). The smallest absolute Gasteiger partial charge is 0.0340 e. The molecule has 1 heteroatoms. The maximum absolute atomic E-state index is 3.42. The Balaban J connectivity index is 1.87. The van der Waals surface area contributed by atoms with Gasteiger partial charge in [0.15, 0.2) is 0 Å². The van der Waals surface area contributed by atoms with Crippen molar-refractivity contribution in [2.24, 2.45) is 0 Å². The average molecular weight is 252 g/mol. The highest BCUT2D eigenvalue weighted by Gasteiger charge is 2.12. The number of hydrogen-bond donors (Lipinski definition) is 1. The first-order valence-electron chi connectivity index (χ1n) is 6.85. The van der Waals surface area contributed by atoms with E-state index in [0.717, 1.165) is 18.7 Å². The Morgan fingerprint density at radius 1 is 0.947 bits per heavy atom. The van der Waals surface area contributed by atoms with E-state index in [0.29, 0.717) is 0 Å². The van der Waals surface area contributed by atoms with Crippen LogP contribution < -0.4 is 5.32 Å². The molecule has 0 bridgehead atoms. The Bertz CT molecular complexity index is 491. The lowest BCUT2D eigenvalue weighted by atomic mass is 9.86. The predicted octanol–water partition coefficient (Wildman–Crippen LogP) is 4.44. The number of anilines is 1. The second-order valence-electron chi connectivity index (χ2n) is 5.91. The molecule has 0 unspecified atom stereocenters. The average Bonchev–Trinajstić information content (AvgIpc) is 2.39. The summed E-state index contributed by atoms with van der Waals surface area (Å²) in [5, 5.41) is 3.42. The topological polar surface area (TPSA) is 12.0 Å². The fourth-order valence-corrected chi connectivity index (χ4v) is 2.03. The highest BCUT2D eigenvalue weighted by Crippen LogP contribution is 2.22. The second kappa shape index (κ2) is 5.92. The normalized spacial score (nSPS) is 11.3. The molecule has 0 fully saturated rings. The zero-order chi connectivity index (χ0) is 13.7. The maximum atomic E-state index is 3.42. The highest BCUT2D eigenvalue weighted by atomic mass is 14.9. The molecule has 1 nitrogen and oxygen atoms in total. The summed E-state index contributed by atoms with van der Waals surface area (Å²) in [7, 11) is 0. The van der Waals surface area contributed by atoms with Crippen molar-refractivity contribution in [3.05, 3.63) is 65.7 Å². The van der Waals surface area contributed by atoms with Gasteiger partial charge in [-0.25, -0.2) is 0 Å². The van der Waals surface area contributed by atoms with Gasteiger partial charge in [-0.2, -0.15) is 0 Å². The second-order valence-corrected chi connectivity index (χ2v) is 5.91. The summed E-state index contributed by atoms with van der Waals surface area (Å²) in [5.74, 6) is 0. The van der Waals surface area contributed by atoms with E-state index < -0.39 is 0 Å². The summed E-state index contributed by atoms with van der Waals surface area (Å²) in [6.45, 7) is 7.70. The van der Waals surface area contributed by atoms with Crippen LogP contribution in [0.5, 0.6) is 0 Å². The molecule has 0 aliphatic carbocycles. The molecule has 2 aromatic carbocycles. The van der Waals surface area contributed by atoms with Crippen LogP contribution in [0.4, 0.5) is 5.69 Å². The third kappa shape index (κ3) is 4.13. The molecule has 0 heterocycles. The zero-order valence-corrected chi connectivity index (χ0v) is 12.0.